The number of hydrogen-bond acceptors (Lipinski definition) is 8. The summed E-state index contributed by atoms with van der Waals surface area (Å²) in [5.74, 6) is -3.59. The van der Waals surface area contributed by atoms with E-state index in [9.17, 15) is 13.2 Å². The van der Waals surface area contributed by atoms with Gasteiger partial charge < -0.3 is 30.5 Å². The number of carboxylic acids is 2. The van der Waals surface area contributed by atoms with Gasteiger partial charge in [0.05, 0.1) is 13.7 Å². The Morgan fingerprint density at radius 3 is 2.21 bits per heavy atom. The minimum Gasteiger partial charge on any atom is -0.495 e. The van der Waals surface area contributed by atoms with Crippen LogP contribution in [0, 0.1) is 0 Å². The summed E-state index contributed by atoms with van der Waals surface area (Å²) in [6.45, 7) is 2.70. The number of aliphatic carboxylic acids is 2. The lowest BCUT2D eigenvalue weighted by atomic mass is 10.2. The van der Waals surface area contributed by atoms with Crippen molar-refractivity contribution in [1.29, 1.82) is 0 Å². The number of carboxylic acid groups (broad SMARTS) is 2. The van der Waals surface area contributed by atoms with E-state index in [0.717, 1.165) is 25.8 Å². The van der Waals surface area contributed by atoms with E-state index >= 15 is 0 Å². The molecule has 0 atom stereocenters. The molecule has 0 radical (unpaired) electrons. The first-order valence-corrected chi connectivity index (χ1v) is 11.7. The van der Waals surface area contributed by atoms with Gasteiger partial charge >= 0.3 is 11.9 Å². The Balaban J connectivity index is 0.000000801. The van der Waals surface area contributed by atoms with Crippen molar-refractivity contribution in [2.75, 3.05) is 59.2 Å². The summed E-state index contributed by atoms with van der Waals surface area (Å²) in [6, 6.07) is 4.69. The molecular formula is C20H32N4O8S. The maximum absolute atomic E-state index is 13.0. The molecule has 0 bridgehead atoms. The number of rotatable bonds is 9. The van der Waals surface area contributed by atoms with Crippen molar-refractivity contribution in [2.24, 2.45) is 0 Å². The molecule has 1 amide bonds. The lowest BCUT2D eigenvalue weighted by Crippen LogP contribution is -2.36. The minimum absolute atomic E-state index is 0.0882. The number of benzene rings is 1. The lowest BCUT2D eigenvalue weighted by molar-refractivity contribution is -0.159. The first-order chi connectivity index (χ1) is 15.5. The van der Waals surface area contributed by atoms with Gasteiger partial charge in [-0.2, -0.15) is 4.31 Å². The van der Waals surface area contributed by atoms with Crippen molar-refractivity contribution in [3.8, 4) is 5.75 Å². The average Bonchev–Trinajstić information content (AvgIpc) is 2.77. The van der Waals surface area contributed by atoms with E-state index in [2.05, 4.69) is 10.6 Å². The number of piperidine rings is 1. The molecule has 1 aliphatic rings. The van der Waals surface area contributed by atoms with Gasteiger partial charge in [-0.3, -0.25) is 4.79 Å². The van der Waals surface area contributed by atoms with E-state index in [1.165, 1.54) is 17.5 Å². The molecule has 2 rings (SSSR count). The Labute approximate surface area is 193 Å². The Hall–Kier alpha value is -2.74. The van der Waals surface area contributed by atoms with E-state index in [0.29, 0.717) is 25.3 Å². The van der Waals surface area contributed by atoms with Crippen LogP contribution in [0.4, 0.5) is 5.69 Å². The Kier molecular flexibility index (Phi) is 11.8. The van der Waals surface area contributed by atoms with Gasteiger partial charge in [-0.15, -0.1) is 0 Å². The zero-order valence-corrected chi connectivity index (χ0v) is 19.9. The van der Waals surface area contributed by atoms with Crippen LogP contribution in [0.15, 0.2) is 23.1 Å². The zero-order valence-electron chi connectivity index (χ0n) is 19.0. The summed E-state index contributed by atoms with van der Waals surface area (Å²) in [5.41, 5.74) is 0.436. The molecule has 1 heterocycles. The van der Waals surface area contributed by atoms with E-state index in [1.54, 1.807) is 12.1 Å². The summed E-state index contributed by atoms with van der Waals surface area (Å²) in [4.78, 5) is 32.4. The molecule has 4 N–H and O–H groups in total. The van der Waals surface area contributed by atoms with Gasteiger partial charge in [-0.05, 0) is 45.1 Å². The number of ether oxygens (including phenoxy) is 1. The normalized spacial score (nSPS) is 14.2. The summed E-state index contributed by atoms with van der Waals surface area (Å²) >= 11 is 0. The number of likely N-dealkylation sites (N-methyl/N-ethyl adjacent to an activating group) is 1. The highest BCUT2D eigenvalue weighted by Crippen LogP contribution is 2.31. The molecule has 13 heteroatoms. The highest BCUT2D eigenvalue weighted by atomic mass is 32.2. The molecule has 1 aliphatic heterocycles. The van der Waals surface area contributed by atoms with Crippen LogP contribution >= 0.6 is 0 Å². The second kappa shape index (κ2) is 13.7. The van der Waals surface area contributed by atoms with Gasteiger partial charge in [-0.1, -0.05) is 6.42 Å². The van der Waals surface area contributed by atoms with Crippen LogP contribution in [0.25, 0.3) is 0 Å². The van der Waals surface area contributed by atoms with Gasteiger partial charge in [0.1, 0.15) is 10.6 Å². The molecule has 0 saturated carbocycles. The van der Waals surface area contributed by atoms with Gasteiger partial charge in [0.25, 0.3) is 0 Å². The van der Waals surface area contributed by atoms with E-state index < -0.39 is 22.0 Å². The number of anilines is 1. The number of nitrogens with zero attached hydrogens (tertiary/aromatic N) is 2. The predicted octanol–water partition coefficient (Wildman–Crippen LogP) is 0.115. The highest BCUT2D eigenvalue weighted by molar-refractivity contribution is 7.89. The second-order valence-electron chi connectivity index (χ2n) is 7.47. The van der Waals surface area contributed by atoms with Gasteiger partial charge in [0, 0.05) is 31.9 Å². The molecule has 0 unspecified atom stereocenters. The standard InChI is InChI=1S/C18H30N4O4S.C2H2O4/c1-21(2)12-9-19-14-18(23)20-15-7-8-16(26-3)17(13-15)27(24,25)22-10-5-4-6-11-22;3-1(4)2(5)6/h7-8,13,19H,4-6,9-12,14H2,1-3H3,(H,20,23);(H,3,4)(H,5,6). The topological polar surface area (TPSA) is 166 Å². The third-order valence-electron chi connectivity index (χ3n) is 4.58. The number of carbonyl (C=O) groups excluding carboxylic acids is 1. The first kappa shape index (κ1) is 28.3. The third kappa shape index (κ3) is 9.74. The molecule has 1 saturated heterocycles. The average molecular weight is 489 g/mol. The largest absolute Gasteiger partial charge is 0.495 e. The smallest absolute Gasteiger partial charge is 0.414 e. The van der Waals surface area contributed by atoms with Crippen molar-refractivity contribution in [3.05, 3.63) is 18.2 Å². The fourth-order valence-corrected chi connectivity index (χ4v) is 4.61. The number of hydrogen-bond donors (Lipinski definition) is 4. The predicted molar refractivity (Wildman–Crippen MR) is 121 cm³/mol. The first-order valence-electron chi connectivity index (χ1n) is 10.3. The maximum atomic E-state index is 13.0. The second-order valence-corrected chi connectivity index (χ2v) is 9.38. The molecule has 1 aromatic carbocycles. The van der Waals surface area contributed by atoms with Crippen molar-refractivity contribution in [1.82, 2.24) is 14.5 Å². The summed E-state index contributed by atoms with van der Waals surface area (Å²) in [6.07, 6.45) is 2.76. The fraction of sp³-hybridized carbons (Fsp3) is 0.550. The highest BCUT2D eigenvalue weighted by Gasteiger charge is 2.29. The van der Waals surface area contributed by atoms with Crippen molar-refractivity contribution >= 4 is 33.6 Å². The van der Waals surface area contributed by atoms with E-state index in [4.69, 9.17) is 24.5 Å². The van der Waals surface area contributed by atoms with Crippen molar-refractivity contribution < 1.29 is 37.8 Å². The zero-order chi connectivity index (χ0) is 25.0. The molecule has 0 aromatic heterocycles. The van der Waals surface area contributed by atoms with Crippen molar-refractivity contribution in [3.63, 3.8) is 0 Å². The molecule has 1 aromatic rings. The maximum Gasteiger partial charge on any atom is 0.414 e. The minimum atomic E-state index is -3.66. The van der Waals surface area contributed by atoms with Crippen LogP contribution in [0.5, 0.6) is 5.75 Å². The Morgan fingerprint density at radius 1 is 1.09 bits per heavy atom. The molecule has 0 aliphatic carbocycles. The monoisotopic (exact) mass is 488 g/mol. The van der Waals surface area contributed by atoms with Crippen LogP contribution in [-0.4, -0.2) is 99.6 Å². The number of methoxy groups -OCH3 is 1. The van der Waals surface area contributed by atoms with Crippen LogP contribution < -0.4 is 15.4 Å². The lowest BCUT2D eigenvalue weighted by Gasteiger charge is -2.26. The van der Waals surface area contributed by atoms with E-state index in [1.807, 2.05) is 19.0 Å². The Morgan fingerprint density at radius 2 is 1.70 bits per heavy atom. The van der Waals surface area contributed by atoms with Crippen LogP contribution in [0.3, 0.4) is 0 Å². The number of carbonyl (C=O) groups is 3. The molecule has 186 valence electrons. The quantitative estimate of drug-likeness (QED) is 0.277. The number of nitrogens with one attached hydrogen (secondary N) is 2. The number of sulfonamides is 1. The third-order valence-corrected chi connectivity index (χ3v) is 6.50. The van der Waals surface area contributed by atoms with Gasteiger partial charge in [0.15, 0.2) is 0 Å². The fourth-order valence-electron chi connectivity index (χ4n) is 2.91. The Bertz CT molecular complexity index is 903. The summed E-state index contributed by atoms with van der Waals surface area (Å²) in [7, 11) is 1.71. The summed E-state index contributed by atoms with van der Waals surface area (Å²) in [5, 5.41) is 20.6. The molecule has 33 heavy (non-hydrogen) atoms. The van der Waals surface area contributed by atoms with Crippen molar-refractivity contribution in [2.45, 2.75) is 24.2 Å². The van der Waals surface area contributed by atoms with E-state index in [-0.39, 0.29) is 23.1 Å². The summed E-state index contributed by atoms with van der Waals surface area (Å²) < 4.78 is 32.7. The molecule has 1 fully saturated rings. The van der Waals surface area contributed by atoms with Gasteiger partial charge in [0.2, 0.25) is 15.9 Å². The van der Waals surface area contributed by atoms with Crippen LogP contribution in [0.2, 0.25) is 0 Å². The van der Waals surface area contributed by atoms with Crippen LogP contribution in [0.1, 0.15) is 19.3 Å². The van der Waals surface area contributed by atoms with Gasteiger partial charge in [-0.25, -0.2) is 18.0 Å². The SMILES string of the molecule is COc1ccc(NC(=O)CNCCN(C)C)cc1S(=O)(=O)N1CCCCC1.O=C(O)C(=O)O. The number of amides is 1. The molecule has 12 nitrogen and oxygen atoms in total. The molecular weight excluding hydrogens is 456 g/mol. The molecule has 0 spiro atoms. The van der Waals surface area contributed by atoms with Crippen LogP contribution in [-0.2, 0) is 24.4 Å².